The fraction of sp³-hybridized carbons (Fsp3) is 0.0769. The van der Waals surface area contributed by atoms with Crippen molar-refractivity contribution in [2.75, 3.05) is 0 Å². The Balaban J connectivity index is 0.000000108. The summed E-state index contributed by atoms with van der Waals surface area (Å²) in [7, 11) is 0. The molecule has 3 aromatic heterocycles. The van der Waals surface area contributed by atoms with Crippen molar-refractivity contribution in [3.05, 3.63) is 452 Å². The van der Waals surface area contributed by atoms with Crippen LogP contribution in [0.2, 0.25) is 0 Å². The summed E-state index contributed by atoms with van der Waals surface area (Å²) in [6, 6.07) is 153. The molecule has 3 aliphatic carbocycles. The lowest BCUT2D eigenvalue weighted by Gasteiger charge is -2.24. The molecule has 3 nitrogen and oxygen atoms in total. The van der Waals surface area contributed by atoms with Gasteiger partial charge in [-0.05, 0) is 231 Å². The van der Waals surface area contributed by atoms with Crippen LogP contribution in [0.4, 0.5) is 0 Å². The van der Waals surface area contributed by atoms with Crippen LogP contribution in [0.3, 0.4) is 0 Å². The SMILES string of the molecule is CC1(C)c2ccccc2-c2cc(-c3ccc4c(c3)c3ccccc3n4-c3ccc(-c4ccccc4)cc3)ccc21.CC1(C)c2ccccc2-c2cc(-c3ccc4c5ccccc5n(-c5ccc(-c6ccccc6)cc5)c4c3)ccc21.CC1(C)c2ccccc2-c2cccc(-c3ccc4c(c3)c3ccccc3n4-c3ccc(-c4ccccc4)cc3)c21. The summed E-state index contributed by atoms with van der Waals surface area (Å²) in [6.07, 6.45) is 0. The highest BCUT2D eigenvalue weighted by Gasteiger charge is 2.39. The van der Waals surface area contributed by atoms with Gasteiger partial charge in [0.25, 0.3) is 0 Å². The van der Waals surface area contributed by atoms with E-state index in [0.29, 0.717) is 0 Å². The average molecular weight is 1540 g/mol. The Kier molecular flexibility index (Phi) is 17.0. The summed E-state index contributed by atoms with van der Waals surface area (Å²) >= 11 is 0. The van der Waals surface area contributed by atoms with Crippen molar-refractivity contribution in [2.24, 2.45) is 0 Å². The highest BCUT2D eigenvalue weighted by Crippen LogP contribution is 2.55. The van der Waals surface area contributed by atoms with Crippen molar-refractivity contribution in [1.82, 2.24) is 13.7 Å². The smallest absolute Gasteiger partial charge is 0.0547 e. The second-order valence-corrected chi connectivity index (χ2v) is 34.3. The van der Waals surface area contributed by atoms with E-state index in [-0.39, 0.29) is 16.2 Å². The van der Waals surface area contributed by atoms with Crippen molar-refractivity contribution < 1.29 is 0 Å². The van der Waals surface area contributed by atoms with Gasteiger partial charge in [0.15, 0.2) is 0 Å². The lowest BCUT2D eigenvalue weighted by molar-refractivity contribution is 0.660. The number of benzene rings is 18. The first-order chi connectivity index (χ1) is 58.8. The maximum Gasteiger partial charge on any atom is 0.0547 e. The molecule has 0 spiro atoms. The quantitative estimate of drug-likeness (QED) is 0.137. The zero-order chi connectivity index (χ0) is 80.5. The molecule has 0 amide bonds. The van der Waals surface area contributed by atoms with Crippen LogP contribution in [-0.4, -0.2) is 13.7 Å². The van der Waals surface area contributed by atoms with E-state index in [1.54, 1.807) is 0 Å². The topological polar surface area (TPSA) is 14.8 Å². The number of para-hydroxylation sites is 3. The summed E-state index contributed by atoms with van der Waals surface area (Å²) in [5, 5.41) is 7.67. The summed E-state index contributed by atoms with van der Waals surface area (Å²) in [5.41, 5.74) is 42.5. The molecular formula is C117H87N3. The number of hydrogen-bond acceptors (Lipinski definition) is 0. The van der Waals surface area contributed by atoms with Crippen LogP contribution in [0, 0.1) is 0 Å². The van der Waals surface area contributed by atoms with Gasteiger partial charge in [-0.1, -0.05) is 363 Å². The molecule has 21 aromatic rings. The molecule has 0 atom stereocenters. The van der Waals surface area contributed by atoms with Gasteiger partial charge in [-0.2, -0.15) is 0 Å². The summed E-state index contributed by atoms with van der Waals surface area (Å²) in [5.74, 6) is 0. The molecule has 0 saturated carbocycles. The monoisotopic (exact) mass is 1530 g/mol. The van der Waals surface area contributed by atoms with E-state index in [2.05, 4.69) is 474 Å². The van der Waals surface area contributed by atoms with Crippen LogP contribution >= 0.6 is 0 Å². The van der Waals surface area contributed by atoms with Crippen molar-refractivity contribution in [1.29, 1.82) is 0 Å². The molecule has 0 unspecified atom stereocenters. The Morgan fingerprint density at radius 2 is 0.425 bits per heavy atom. The van der Waals surface area contributed by atoms with E-state index in [0.717, 1.165) is 0 Å². The molecule has 18 aromatic carbocycles. The van der Waals surface area contributed by atoms with Gasteiger partial charge >= 0.3 is 0 Å². The number of aromatic nitrogens is 3. The Morgan fingerprint density at radius 3 is 0.875 bits per heavy atom. The van der Waals surface area contributed by atoms with E-state index >= 15 is 0 Å². The number of hydrogen-bond donors (Lipinski definition) is 0. The van der Waals surface area contributed by atoms with E-state index < -0.39 is 0 Å². The highest BCUT2D eigenvalue weighted by molar-refractivity contribution is 6.13. The van der Waals surface area contributed by atoms with E-state index in [4.69, 9.17) is 0 Å². The summed E-state index contributed by atoms with van der Waals surface area (Å²) < 4.78 is 7.21. The highest BCUT2D eigenvalue weighted by atomic mass is 15.0. The third kappa shape index (κ3) is 11.7. The Morgan fingerprint density at radius 1 is 0.150 bits per heavy atom. The fourth-order valence-electron chi connectivity index (χ4n) is 20.5. The molecule has 570 valence electrons. The van der Waals surface area contributed by atoms with Gasteiger partial charge in [0.2, 0.25) is 0 Å². The molecule has 3 aliphatic rings. The van der Waals surface area contributed by atoms with Crippen LogP contribution in [-0.2, 0) is 16.2 Å². The second-order valence-electron chi connectivity index (χ2n) is 34.3. The Hall–Kier alpha value is -14.6. The van der Waals surface area contributed by atoms with Crippen LogP contribution in [0.5, 0.6) is 0 Å². The zero-order valence-corrected chi connectivity index (χ0v) is 68.2. The van der Waals surface area contributed by atoms with Gasteiger partial charge in [-0.25, -0.2) is 0 Å². The molecule has 0 N–H and O–H groups in total. The first-order valence-corrected chi connectivity index (χ1v) is 42.1. The molecule has 120 heavy (non-hydrogen) atoms. The largest absolute Gasteiger partial charge is 0.309 e. The first-order valence-electron chi connectivity index (χ1n) is 42.1. The molecular weight excluding hydrogens is 1450 g/mol. The van der Waals surface area contributed by atoms with Gasteiger partial charge in [0, 0.05) is 65.6 Å². The van der Waals surface area contributed by atoms with Gasteiger partial charge in [-0.3, -0.25) is 0 Å². The maximum absolute atomic E-state index is 2.41. The third-order valence-electron chi connectivity index (χ3n) is 26.4. The predicted octanol–water partition coefficient (Wildman–Crippen LogP) is 31.3. The molecule has 0 saturated heterocycles. The standard InChI is InChI=1S/3C39H29N/c1-39(2)35-17-8-6-13-31(35)33-16-10-15-30(38(33)39)28-21-24-37-34(25-28)32-14-7-9-18-36(32)40(37)29-22-19-27(20-23-29)26-11-4-3-5-12-26;1-39(2)35-14-8-6-12-31(35)34-24-28(19-23-36(34)39)29-18-22-33-32-13-7-9-15-37(32)40(38(33)25-29)30-20-16-27(17-21-30)26-10-4-3-5-11-26;1-39(2)35-14-8-6-12-31(35)33-24-28(18-22-36(33)39)29-19-23-38-34(25-29)32-13-7-9-15-37(32)40(38)30-20-16-27(17-21-30)26-10-4-3-5-11-26/h3*3-25H,1-2H3. The third-order valence-corrected chi connectivity index (χ3v) is 26.4. The zero-order valence-electron chi connectivity index (χ0n) is 68.2. The number of fused-ring (bicyclic) bond motifs is 18. The molecule has 3 heteroatoms. The minimum Gasteiger partial charge on any atom is -0.309 e. The van der Waals surface area contributed by atoms with Crippen LogP contribution in [0.15, 0.2) is 419 Å². The summed E-state index contributed by atoms with van der Waals surface area (Å²) in [6.45, 7) is 14.1. The summed E-state index contributed by atoms with van der Waals surface area (Å²) in [4.78, 5) is 0. The minimum absolute atomic E-state index is 0.0206. The van der Waals surface area contributed by atoms with Gasteiger partial charge < -0.3 is 13.7 Å². The van der Waals surface area contributed by atoms with Crippen LogP contribution in [0.1, 0.15) is 74.9 Å². The fourth-order valence-corrected chi connectivity index (χ4v) is 20.5. The number of nitrogens with zero attached hydrogens (tertiary/aromatic N) is 3. The Bertz CT molecular complexity index is 7600. The second kappa shape index (κ2) is 28.3. The normalized spacial score (nSPS) is 13.4. The predicted molar refractivity (Wildman–Crippen MR) is 508 cm³/mol. The van der Waals surface area contributed by atoms with Crippen molar-refractivity contribution in [3.63, 3.8) is 0 Å². The van der Waals surface area contributed by atoms with Gasteiger partial charge in [0.05, 0.1) is 33.1 Å². The molecule has 0 bridgehead atoms. The van der Waals surface area contributed by atoms with Gasteiger partial charge in [0.1, 0.15) is 0 Å². The molecule has 0 radical (unpaired) electrons. The van der Waals surface area contributed by atoms with E-state index in [1.807, 2.05) is 0 Å². The molecule has 0 aliphatic heterocycles. The van der Waals surface area contributed by atoms with E-state index in [1.165, 1.54) is 216 Å². The lowest BCUT2D eigenvalue weighted by Crippen LogP contribution is -2.16. The molecule has 24 rings (SSSR count). The minimum atomic E-state index is -0.0496. The van der Waals surface area contributed by atoms with Crippen LogP contribution < -0.4 is 0 Å². The van der Waals surface area contributed by atoms with Crippen LogP contribution in [0.25, 0.3) is 183 Å². The maximum atomic E-state index is 2.41. The molecule has 3 heterocycles. The molecule has 0 fully saturated rings. The van der Waals surface area contributed by atoms with Crippen molar-refractivity contribution >= 4 is 65.4 Å². The first kappa shape index (κ1) is 71.9. The lowest BCUT2D eigenvalue weighted by atomic mass is 9.79. The van der Waals surface area contributed by atoms with Gasteiger partial charge in [-0.15, -0.1) is 0 Å². The van der Waals surface area contributed by atoms with Crippen molar-refractivity contribution in [3.8, 4) is 117 Å². The van der Waals surface area contributed by atoms with E-state index in [9.17, 15) is 0 Å². The average Bonchev–Trinajstić information content (AvgIpc) is 1.54. The van der Waals surface area contributed by atoms with Crippen molar-refractivity contribution in [2.45, 2.75) is 57.8 Å². The number of rotatable bonds is 9. The Labute approximate surface area is 701 Å².